The van der Waals surface area contributed by atoms with Crippen molar-refractivity contribution in [2.24, 2.45) is 5.16 Å². The molecule has 126 valence electrons. The van der Waals surface area contributed by atoms with Crippen molar-refractivity contribution >= 4 is 23.5 Å². The molecule has 0 atom stereocenters. The SMILES string of the molecule is O/N=C/c1cc(Cl)cc(CN2CCN(c3ccccc3)CC2)c1O. The van der Waals surface area contributed by atoms with Crippen LogP contribution in [0.15, 0.2) is 47.6 Å². The summed E-state index contributed by atoms with van der Waals surface area (Å²) in [6.45, 7) is 4.31. The molecule has 1 fully saturated rings. The number of oxime groups is 1. The molecule has 0 saturated carbocycles. The third-order valence-corrected chi connectivity index (χ3v) is 4.49. The van der Waals surface area contributed by atoms with Crippen molar-refractivity contribution < 1.29 is 10.3 Å². The number of anilines is 1. The summed E-state index contributed by atoms with van der Waals surface area (Å²) in [5, 5.41) is 22.5. The van der Waals surface area contributed by atoms with Crippen molar-refractivity contribution in [1.29, 1.82) is 0 Å². The summed E-state index contributed by atoms with van der Waals surface area (Å²) < 4.78 is 0. The number of piperazine rings is 1. The standard InChI is InChI=1S/C18H20ClN3O2/c19-16-10-14(12-20-24)18(23)15(11-16)13-21-6-8-22(9-7-21)17-4-2-1-3-5-17/h1-5,10-12,23-24H,6-9,13H2/b20-12+. The molecule has 0 bridgehead atoms. The number of benzene rings is 2. The van der Waals surface area contributed by atoms with Crippen LogP contribution in [0.5, 0.6) is 5.75 Å². The van der Waals surface area contributed by atoms with Gasteiger partial charge in [-0.15, -0.1) is 0 Å². The van der Waals surface area contributed by atoms with Gasteiger partial charge in [-0.1, -0.05) is 35.0 Å². The van der Waals surface area contributed by atoms with Crippen LogP contribution >= 0.6 is 11.6 Å². The minimum atomic E-state index is 0.114. The summed E-state index contributed by atoms with van der Waals surface area (Å²) in [6.07, 6.45) is 1.19. The lowest BCUT2D eigenvalue weighted by molar-refractivity contribution is 0.246. The third kappa shape index (κ3) is 3.80. The number of rotatable bonds is 4. The minimum absolute atomic E-state index is 0.114. The van der Waals surface area contributed by atoms with Crippen LogP contribution in [-0.2, 0) is 6.54 Å². The molecule has 0 amide bonds. The van der Waals surface area contributed by atoms with Gasteiger partial charge in [0.25, 0.3) is 0 Å². The maximum Gasteiger partial charge on any atom is 0.129 e. The van der Waals surface area contributed by atoms with Gasteiger partial charge >= 0.3 is 0 Å². The Morgan fingerprint density at radius 1 is 1.08 bits per heavy atom. The van der Waals surface area contributed by atoms with E-state index in [1.54, 1.807) is 12.1 Å². The van der Waals surface area contributed by atoms with Crippen molar-refractivity contribution in [3.05, 3.63) is 58.6 Å². The van der Waals surface area contributed by atoms with E-state index in [9.17, 15) is 5.11 Å². The molecule has 2 N–H and O–H groups in total. The number of para-hydroxylation sites is 1. The second kappa shape index (κ2) is 7.55. The molecule has 3 rings (SSSR count). The fourth-order valence-corrected chi connectivity index (χ4v) is 3.25. The molecule has 0 spiro atoms. The van der Waals surface area contributed by atoms with E-state index in [1.165, 1.54) is 11.9 Å². The molecule has 1 aliphatic heterocycles. The van der Waals surface area contributed by atoms with Crippen LogP contribution in [0.4, 0.5) is 5.69 Å². The summed E-state index contributed by atoms with van der Waals surface area (Å²) in [5.74, 6) is 0.114. The molecular weight excluding hydrogens is 326 g/mol. The Labute approximate surface area is 146 Å². The molecule has 0 aliphatic carbocycles. The predicted molar refractivity (Wildman–Crippen MR) is 96.4 cm³/mol. The van der Waals surface area contributed by atoms with Crippen molar-refractivity contribution in [3.8, 4) is 5.75 Å². The van der Waals surface area contributed by atoms with Gasteiger partial charge < -0.3 is 15.2 Å². The second-order valence-corrected chi connectivity index (χ2v) is 6.28. The molecule has 2 aromatic rings. The van der Waals surface area contributed by atoms with Gasteiger partial charge in [-0.05, 0) is 24.3 Å². The third-order valence-electron chi connectivity index (χ3n) is 4.27. The summed E-state index contributed by atoms with van der Waals surface area (Å²) in [6, 6.07) is 13.7. The first kappa shape index (κ1) is 16.6. The number of phenols is 1. The monoisotopic (exact) mass is 345 g/mol. The molecule has 6 heteroatoms. The summed E-state index contributed by atoms with van der Waals surface area (Å²) >= 11 is 6.10. The zero-order valence-corrected chi connectivity index (χ0v) is 14.0. The van der Waals surface area contributed by atoms with E-state index in [0.29, 0.717) is 17.1 Å². The summed E-state index contributed by atoms with van der Waals surface area (Å²) in [4.78, 5) is 4.64. The van der Waals surface area contributed by atoms with Crippen molar-refractivity contribution in [2.45, 2.75) is 6.54 Å². The second-order valence-electron chi connectivity index (χ2n) is 5.85. The number of phenolic OH excluding ortho intramolecular Hbond substituents is 1. The van der Waals surface area contributed by atoms with Gasteiger partial charge in [-0.2, -0.15) is 0 Å². The molecule has 0 unspecified atom stereocenters. The lowest BCUT2D eigenvalue weighted by Crippen LogP contribution is -2.45. The maximum absolute atomic E-state index is 10.3. The highest BCUT2D eigenvalue weighted by Crippen LogP contribution is 2.28. The molecule has 1 heterocycles. The van der Waals surface area contributed by atoms with E-state index in [2.05, 4.69) is 39.2 Å². The Kier molecular flexibility index (Phi) is 5.23. The van der Waals surface area contributed by atoms with Crippen LogP contribution in [0, 0.1) is 0 Å². The summed E-state index contributed by atoms with van der Waals surface area (Å²) in [5.41, 5.74) is 2.40. The molecule has 24 heavy (non-hydrogen) atoms. The lowest BCUT2D eigenvalue weighted by atomic mass is 10.1. The molecule has 0 aromatic heterocycles. The van der Waals surface area contributed by atoms with Gasteiger partial charge in [0, 0.05) is 54.6 Å². The van der Waals surface area contributed by atoms with Crippen molar-refractivity contribution in [2.75, 3.05) is 31.1 Å². The molecule has 2 aromatic carbocycles. The van der Waals surface area contributed by atoms with Crippen molar-refractivity contribution in [1.82, 2.24) is 4.90 Å². The number of hydrogen-bond acceptors (Lipinski definition) is 5. The zero-order valence-electron chi connectivity index (χ0n) is 13.3. The molecule has 1 aliphatic rings. The first-order valence-electron chi connectivity index (χ1n) is 7.88. The smallest absolute Gasteiger partial charge is 0.129 e. The van der Waals surface area contributed by atoms with E-state index in [4.69, 9.17) is 16.8 Å². The number of hydrogen-bond donors (Lipinski definition) is 2. The lowest BCUT2D eigenvalue weighted by Gasteiger charge is -2.36. The van der Waals surface area contributed by atoms with Gasteiger partial charge in [0.2, 0.25) is 0 Å². The Balaban J connectivity index is 1.66. The van der Waals surface area contributed by atoms with Crippen LogP contribution in [0.1, 0.15) is 11.1 Å². The number of halogens is 1. The van der Waals surface area contributed by atoms with E-state index >= 15 is 0 Å². The topological polar surface area (TPSA) is 59.3 Å². The maximum atomic E-state index is 10.3. The molecule has 1 saturated heterocycles. The predicted octanol–water partition coefficient (Wildman–Crippen LogP) is 3.18. The number of aromatic hydroxyl groups is 1. The largest absolute Gasteiger partial charge is 0.507 e. The van der Waals surface area contributed by atoms with Crippen LogP contribution in [-0.4, -0.2) is 47.6 Å². The van der Waals surface area contributed by atoms with Crippen LogP contribution < -0.4 is 4.90 Å². The first-order valence-corrected chi connectivity index (χ1v) is 8.26. The van der Waals surface area contributed by atoms with Crippen LogP contribution in [0.25, 0.3) is 0 Å². The fraction of sp³-hybridized carbons (Fsp3) is 0.278. The van der Waals surface area contributed by atoms with Crippen LogP contribution in [0.3, 0.4) is 0 Å². The van der Waals surface area contributed by atoms with E-state index < -0.39 is 0 Å². The van der Waals surface area contributed by atoms with E-state index in [0.717, 1.165) is 31.7 Å². The average Bonchev–Trinajstić information content (AvgIpc) is 2.60. The average molecular weight is 346 g/mol. The highest BCUT2D eigenvalue weighted by atomic mass is 35.5. The molecular formula is C18H20ClN3O2. The Morgan fingerprint density at radius 2 is 1.79 bits per heavy atom. The van der Waals surface area contributed by atoms with Crippen molar-refractivity contribution in [3.63, 3.8) is 0 Å². The highest BCUT2D eigenvalue weighted by molar-refractivity contribution is 6.31. The Hall–Kier alpha value is -2.24. The van der Waals surface area contributed by atoms with Gasteiger partial charge in [0.1, 0.15) is 5.75 Å². The quantitative estimate of drug-likeness (QED) is 0.507. The minimum Gasteiger partial charge on any atom is -0.507 e. The zero-order chi connectivity index (χ0) is 16.9. The van der Waals surface area contributed by atoms with Gasteiger partial charge in [-0.3, -0.25) is 4.90 Å². The van der Waals surface area contributed by atoms with Gasteiger partial charge in [0.05, 0.1) is 6.21 Å². The molecule has 0 radical (unpaired) electrons. The van der Waals surface area contributed by atoms with Gasteiger partial charge in [-0.25, -0.2) is 0 Å². The van der Waals surface area contributed by atoms with E-state index in [-0.39, 0.29) is 5.75 Å². The summed E-state index contributed by atoms with van der Waals surface area (Å²) in [7, 11) is 0. The molecule has 5 nitrogen and oxygen atoms in total. The Bertz CT molecular complexity index is 714. The van der Waals surface area contributed by atoms with Gasteiger partial charge in [0.15, 0.2) is 0 Å². The first-order chi connectivity index (χ1) is 11.7. The van der Waals surface area contributed by atoms with E-state index in [1.807, 2.05) is 6.07 Å². The Morgan fingerprint density at radius 3 is 2.46 bits per heavy atom. The fourth-order valence-electron chi connectivity index (χ4n) is 3.00. The number of nitrogens with zero attached hydrogens (tertiary/aromatic N) is 3. The van der Waals surface area contributed by atoms with Crippen LogP contribution in [0.2, 0.25) is 5.02 Å². The highest BCUT2D eigenvalue weighted by Gasteiger charge is 2.19. The normalized spacial score (nSPS) is 16.0.